The smallest absolute Gasteiger partial charge is 0.317 e. The van der Waals surface area contributed by atoms with Gasteiger partial charge < -0.3 is 20.4 Å². The van der Waals surface area contributed by atoms with Gasteiger partial charge in [-0.15, -0.1) is 0 Å². The lowest BCUT2D eigenvalue weighted by atomic mass is 10.1. The molecule has 8 nitrogen and oxygen atoms in total. The van der Waals surface area contributed by atoms with Gasteiger partial charge in [-0.05, 0) is 24.3 Å². The van der Waals surface area contributed by atoms with E-state index in [9.17, 15) is 30.0 Å². The summed E-state index contributed by atoms with van der Waals surface area (Å²) in [5.41, 5.74) is 0.584. The Hall–Kier alpha value is -1.94. The van der Waals surface area contributed by atoms with Crippen LogP contribution in [0.25, 0.3) is 0 Å². The molecular formula is C20H20Cl4N2O6. The molecule has 0 saturated carbocycles. The fourth-order valence-electron chi connectivity index (χ4n) is 3.03. The average Bonchev–Trinajstić information content (AvgIpc) is 2.63. The van der Waals surface area contributed by atoms with Gasteiger partial charge >= 0.3 is 11.9 Å². The SMILES string of the molecule is O=C(O)CN(CCN(CC(=O)O)Cc1c(O)cc(Cl)cc1Cl)Cc1c(O)cc(Cl)cc1Cl. The van der Waals surface area contributed by atoms with Crippen LogP contribution < -0.4 is 0 Å². The van der Waals surface area contributed by atoms with Crippen LogP contribution in [0.1, 0.15) is 11.1 Å². The molecular weight excluding hydrogens is 506 g/mol. The zero-order valence-corrected chi connectivity index (χ0v) is 19.6. The van der Waals surface area contributed by atoms with Crippen molar-refractivity contribution in [2.45, 2.75) is 13.1 Å². The van der Waals surface area contributed by atoms with E-state index in [-0.39, 0.29) is 70.9 Å². The van der Waals surface area contributed by atoms with Crippen LogP contribution in [0.5, 0.6) is 11.5 Å². The second-order valence-electron chi connectivity index (χ2n) is 6.98. The molecule has 0 fully saturated rings. The number of aromatic hydroxyl groups is 2. The van der Waals surface area contributed by atoms with Crippen LogP contribution in [0, 0.1) is 0 Å². The Balaban J connectivity index is 2.20. The Morgan fingerprint density at radius 1 is 0.688 bits per heavy atom. The molecule has 2 aromatic rings. The number of benzene rings is 2. The highest BCUT2D eigenvalue weighted by Gasteiger charge is 2.20. The van der Waals surface area contributed by atoms with Crippen molar-refractivity contribution < 1.29 is 30.0 Å². The highest BCUT2D eigenvalue weighted by atomic mass is 35.5. The lowest BCUT2D eigenvalue weighted by Gasteiger charge is -2.27. The highest BCUT2D eigenvalue weighted by Crippen LogP contribution is 2.32. The summed E-state index contributed by atoms with van der Waals surface area (Å²) < 4.78 is 0. The fraction of sp³-hybridized carbons (Fsp3) is 0.300. The fourth-order valence-corrected chi connectivity index (χ4v) is 4.12. The molecule has 0 amide bonds. The maximum Gasteiger partial charge on any atom is 0.317 e. The summed E-state index contributed by atoms with van der Waals surface area (Å²) in [4.78, 5) is 25.6. The van der Waals surface area contributed by atoms with Crippen molar-refractivity contribution in [3.8, 4) is 11.5 Å². The normalized spacial score (nSPS) is 11.3. The summed E-state index contributed by atoms with van der Waals surface area (Å²) in [6.07, 6.45) is 0. The molecule has 0 aromatic heterocycles. The number of nitrogens with zero attached hydrogens (tertiary/aromatic N) is 2. The number of halogens is 4. The number of carboxylic acid groups (broad SMARTS) is 2. The van der Waals surface area contributed by atoms with Crippen molar-refractivity contribution in [3.05, 3.63) is 55.5 Å². The second-order valence-corrected chi connectivity index (χ2v) is 8.67. The summed E-state index contributed by atoms with van der Waals surface area (Å²) in [6.45, 7) is -0.559. The molecule has 12 heteroatoms. The van der Waals surface area contributed by atoms with E-state index in [0.29, 0.717) is 11.1 Å². The van der Waals surface area contributed by atoms with Crippen molar-refractivity contribution in [3.63, 3.8) is 0 Å². The van der Waals surface area contributed by atoms with Crippen LogP contribution in [0.4, 0.5) is 0 Å². The Kier molecular flexibility index (Phi) is 9.69. The minimum atomic E-state index is -1.11. The predicted molar refractivity (Wildman–Crippen MR) is 122 cm³/mol. The molecule has 0 aliphatic carbocycles. The average molecular weight is 526 g/mol. The van der Waals surface area contributed by atoms with E-state index in [2.05, 4.69) is 0 Å². The zero-order chi connectivity index (χ0) is 24.0. The van der Waals surface area contributed by atoms with E-state index in [1.165, 1.54) is 34.1 Å². The van der Waals surface area contributed by atoms with E-state index >= 15 is 0 Å². The van der Waals surface area contributed by atoms with Crippen molar-refractivity contribution in [2.24, 2.45) is 0 Å². The van der Waals surface area contributed by atoms with Gasteiger partial charge in [0.2, 0.25) is 0 Å². The topological polar surface area (TPSA) is 122 Å². The number of aliphatic carboxylic acids is 2. The first-order valence-corrected chi connectivity index (χ1v) is 10.7. The lowest BCUT2D eigenvalue weighted by molar-refractivity contribution is -0.140. The molecule has 0 spiro atoms. The van der Waals surface area contributed by atoms with Gasteiger partial charge in [-0.25, -0.2) is 0 Å². The summed E-state index contributed by atoms with van der Waals surface area (Å²) in [5, 5.41) is 39.6. The van der Waals surface area contributed by atoms with Crippen LogP contribution in [-0.4, -0.2) is 68.3 Å². The summed E-state index contributed by atoms with van der Waals surface area (Å²) in [6, 6.07) is 5.45. The molecule has 0 heterocycles. The summed E-state index contributed by atoms with van der Waals surface area (Å²) in [7, 11) is 0. The standard InChI is InChI=1S/C20H20Cl4N2O6/c21-11-3-15(23)13(17(27)5-11)7-25(9-19(29)30)1-2-26(10-20(31)32)8-14-16(24)4-12(22)6-18(14)28/h3-6,27-28H,1-2,7-10H2,(H,29,30)(H,31,32). The van der Waals surface area contributed by atoms with Gasteiger partial charge in [0.25, 0.3) is 0 Å². The maximum atomic E-state index is 11.3. The zero-order valence-electron chi connectivity index (χ0n) is 16.6. The summed E-state index contributed by atoms with van der Waals surface area (Å²) in [5.74, 6) is -2.59. The summed E-state index contributed by atoms with van der Waals surface area (Å²) >= 11 is 24.0. The number of hydrogen-bond acceptors (Lipinski definition) is 6. The van der Waals surface area contributed by atoms with Crippen LogP contribution in [0.2, 0.25) is 20.1 Å². The van der Waals surface area contributed by atoms with Gasteiger partial charge in [0.15, 0.2) is 0 Å². The van der Waals surface area contributed by atoms with Gasteiger partial charge in [0.05, 0.1) is 23.1 Å². The Morgan fingerprint density at radius 3 is 1.31 bits per heavy atom. The lowest BCUT2D eigenvalue weighted by Crippen LogP contribution is -2.39. The minimum absolute atomic E-state index is 0.0119. The van der Waals surface area contributed by atoms with Gasteiger partial charge in [-0.2, -0.15) is 0 Å². The molecule has 2 rings (SSSR count). The van der Waals surface area contributed by atoms with Crippen molar-refractivity contribution in [2.75, 3.05) is 26.2 Å². The number of phenolic OH excluding ortho intramolecular Hbond substituents is 2. The number of carbonyl (C=O) groups is 2. The third-order valence-corrected chi connectivity index (χ3v) is 5.60. The molecule has 32 heavy (non-hydrogen) atoms. The van der Waals surface area contributed by atoms with E-state index in [1.54, 1.807) is 0 Å². The van der Waals surface area contributed by atoms with E-state index < -0.39 is 11.9 Å². The number of phenols is 2. The Morgan fingerprint density at radius 2 is 1.03 bits per heavy atom. The van der Waals surface area contributed by atoms with Crippen LogP contribution in [-0.2, 0) is 22.7 Å². The van der Waals surface area contributed by atoms with Gasteiger partial charge in [-0.3, -0.25) is 19.4 Å². The highest BCUT2D eigenvalue weighted by molar-refractivity contribution is 6.35. The first kappa shape index (κ1) is 26.3. The number of carboxylic acids is 2. The van der Waals surface area contributed by atoms with Gasteiger partial charge in [0, 0.05) is 47.4 Å². The Labute approximate surface area is 204 Å². The quantitative estimate of drug-likeness (QED) is 0.344. The maximum absolute atomic E-state index is 11.3. The van der Waals surface area contributed by atoms with Crippen LogP contribution in [0.15, 0.2) is 24.3 Å². The molecule has 0 aliphatic rings. The molecule has 0 unspecified atom stereocenters. The number of rotatable bonds is 11. The molecule has 2 aromatic carbocycles. The van der Waals surface area contributed by atoms with Gasteiger partial charge in [0.1, 0.15) is 11.5 Å². The van der Waals surface area contributed by atoms with E-state index in [4.69, 9.17) is 46.4 Å². The van der Waals surface area contributed by atoms with Crippen LogP contribution >= 0.6 is 46.4 Å². The first-order valence-electron chi connectivity index (χ1n) is 9.18. The first-order chi connectivity index (χ1) is 15.0. The van der Waals surface area contributed by atoms with Crippen molar-refractivity contribution in [1.82, 2.24) is 9.80 Å². The third-order valence-electron chi connectivity index (χ3n) is 4.49. The van der Waals surface area contributed by atoms with E-state index in [1.807, 2.05) is 0 Å². The van der Waals surface area contributed by atoms with Crippen molar-refractivity contribution in [1.29, 1.82) is 0 Å². The molecule has 4 N–H and O–H groups in total. The molecule has 174 valence electrons. The predicted octanol–water partition coefficient (Wildman–Crippen LogP) is 4.18. The second kappa shape index (κ2) is 11.8. The van der Waals surface area contributed by atoms with Crippen molar-refractivity contribution >= 4 is 58.3 Å². The minimum Gasteiger partial charge on any atom is -0.508 e. The monoisotopic (exact) mass is 524 g/mol. The molecule has 0 aliphatic heterocycles. The Bertz CT molecular complexity index is 879. The molecule has 0 atom stereocenters. The largest absolute Gasteiger partial charge is 0.508 e. The van der Waals surface area contributed by atoms with Gasteiger partial charge in [-0.1, -0.05) is 46.4 Å². The van der Waals surface area contributed by atoms with E-state index in [0.717, 1.165) is 0 Å². The van der Waals surface area contributed by atoms with Crippen LogP contribution in [0.3, 0.4) is 0 Å². The molecule has 0 saturated heterocycles. The third kappa shape index (κ3) is 7.88. The molecule has 0 radical (unpaired) electrons. The molecule has 0 bridgehead atoms. The number of hydrogen-bond donors (Lipinski definition) is 4.